The highest BCUT2D eigenvalue weighted by Gasteiger charge is 2.57. The number of hydrogen-bond acceptors (Lipinski definition) is 3. The summed E-state index contributed by atoms with van der Waals surface area (Å²) in [7, 11) is 1.75. The summed E-state index contributed by atoms with van der Waals surface area (Å²) >= 11 is 0. The van der Waals surface area contributed by atoms with Crippen molar-refractivity contribution in [2.75, 3.05) is 6.54 Å². The Hall–Kier alpha value is -1.78. The van der Waals surface area contributed by atoms with Crippen LogP contribution in [0.3, 0.4) is 0 Å². The van der Waals surface area contributed by atoms with Crippen molar-refractivity contribution in [3.05, 3.63) is 34.2 Å². The van der Waals surface area contributed by atoms with Crippen LogP contribution in [0.2, 0.25) is 0 Å². The standard InChI is InChI=1S/C17H24N2O3/c1-16(2,3)22-15(21)19-11-13(10-17(19)6-7-17)12-5-8-18(4)14(20)9-12/h5,8-9,13H,6-7,10-11H2,1-4H3. The zero-order valence-electron chi connectivity index (χ0n) is 13.8. The molecule has 0 N–H and O–H groups in total. The number of aryl methyl sites for hydroxylation is 1. The Labute approximate surface area is 130 Å². The third-order valence-corrected chi connectivity index (χ3v) is 4.64. The molecule has 1 aliphatic heterocycles. The fourth-order valence-corrected chi connectivity index (χ4v) is 3.29. The summed E-state index contributed by atoms with van der Waals surface area (Å²) in [4.78, 5) is 26.2. The smallest absolute Gasteiger partial charge is 0.410 e. The molecule has 3 rings (SSSR count). The van der Waals surface area contributed by atoms with Crippen molar-refractivity contribution >= 4 is 6.09 Å². The number of carbonyl (C=O) groups is 1. The lowest BCUT2D eigenvalue weighted by Crippen LogP contribution is -2.41. The van der Waals surface area contributed by atoms with Crippen molar-refractivity contribution in [1.82, 2.24) is 9.47 Å². The van der Waals surface area contributed by atoms with Gasteiger partial charge in [0.25, 0.3) is 5.56 Å². The maximum atomic E-state index is 12.5. The van der Waals surface area contributed by atoms with Crippen LogP contribution in [-0.4, -0.2) is 33.2 Å². The van der Waals surface area contributed by atoms with Crippen LogP contribution in [0, 0.1) is 0 Å². The number of aromatic nitrogens is 1. The first-order valence-corrected chi connectivity index (χ1v) is 7.87. The van der Waals surface area contributed by atoms with Crippen molar-refractivity contribution in [3.63, 3.8) is 0 Å². The number of carbonyl (C=O) groups excluding carboxylic acids is 1. The molecule has 2 fully saturated rings. The number of likely N-dealkylation sites (tertiary alicyclic amines) is 1. The van der Waals surface area contributed by atoms with Crippen LogP contribution in [0.1, 0.15) is 51.5 Å². The Morgan fingerprint density at radius 1 is 1.36 bits per heavy atom. The number of rotatable bonds is 1. The predicted octanol–water partition coefficient (Wildman–Crippen LogP) is 2.64. The topological polar surface area (TPSA) is 51.5 Å². The van der Waals surface area contributed by atoms with E-state index in [2.05, 4.69) is 0 Å². The first-order valence-electron chi connectivity index (χ1n) is 7.87. The quantitative estimate of drug-likeness (QED) is 0.801. The maximum Gasteiger partial charge on any atom is 0.410 e. The molecule has 1 spiro atoms. The predicted molar refractivity (Wildman–Crippen MR) is 83.9 cm³/mol. The van der Waals surface area contributed by atoms with Gasteiger partial charge in [-0.1, -0.05) is 0 Å². The Morgan fingerprint density at radius 2 is 2.05 bits per heavy atom. The highest BCUT2D eigenvalue weighted by molar-refractivity contribution is 5.70. The average molecular weight is 304 g/mol. The van der Waals surface area contributed by atoms with Gasteiger partial charge < -0.3 is 14.2 Å². The van der Waals surface area contributed by atoms with Crippen molar-refractivity contribution in [2.24, 2.45) is 7.05 Å². The minimum absolute atomic E-state index is 0.00179. The normalized spacial score (nSPS) is 22.9. The van der Waals surface area contributed by atoms with E-state index in [9.17, 15) is 9.59 Å². The molecule has 1 saturated heterocycles. The van der Waals surface area contributed by atoms with Crippen molar-refractivity contribution in [2.45, 2.75) is 57.1 Å². The second kappa shape index (κ2) is 4.86. The molecule has 2 heterocycles. The van der Waals surface area contributed by atoms with Crippen LogP contribution in [0.15, 0.2) is 23.1 Å². The Balaban J connectivity index is 1.80. The SMILES string of the molecule is Cn1ccc(C2CN(C(=O)OC(C)(C)C)C3(CC3)C2)cc1=O. The highest BCUT2D eigenvalue weighted by Crippen LogP contribution is 2.54. The van der Waals surface area contributed by atoms with Gasteiger partial charge >= 0.3 is 6.09 Å². The first-order chi connectivity index (χ1) is 10.2. The Kier molecular flexibility index (Phi) is 3.34. The van der Waals surface area contributed by atoms with Gasteiger partial charge in [0.2, 0.25) is 0 Å². The van der Waals surface area contributed by atoms with Crippen LogP contribution in [0.25, 0.3) is 0 Å². The van der Waals surface area contributed by atoms with Gasteiger partial charge in [0.1, 0.15) is 5.60 Å². The lowest BCUT2D eigenvalue weighted by Gasteiger charge is -2.28. The van der Waals surface area contributed by atoms with Gasteiger partial charge in [-0.05, 0) is 51.7 Å². The third-order valence-electron chi connectivity index (χ3n) is 4.64. The number of ether oxygens (including phenoxy) is 1. The average Bonchev–Trinajstić information content (AvgIpc) is 3.04. The van der Waals surface area contributed by atoms with Gasteiger partial charge in [-0.25, -0.2) is 4.79 Å². The van der Waals surface area contributed by atoms with Gasteiger partial charge in [0.15, 0.2) is 0 Å². The molecular weight excluding hydrogens is 280 g/mol. The lowest BCUT2D eigenvalue weighted by atomic mass is 9.96. The molecule has 1 unspecified atom stereocenters. The van der Waals surface area contributed by atoms with Gasteiger partial charge in [0.05, 0.1) is 0 Å². The fourth-order valence-electron chi connectivity index (χ4n) is 3.29. The zero-order chi connectivity index (χ0) is 16.1. The number of hydrogen-bond donors (Lipinski definition) is 0. The summed E-state index contributed by atoms with van der Waals surface area (Å²) in [5.41, 5.74) is 0.514. The van der Waals surface area contributed by atoms with Crippen molar-refractivity contribution in [3.8, 4) is 0 Å². The van der Waals surface area contributed by atoms with Gasteiger partial charge in [0, 0.05) is 37.3 Å². The van der Waals surface area contributed by atoms with Crippen molar-refractivity contribution in [1.29, 1.82) is 0 Å². The van der Waals surface area contributed by atoms with E-state index in [0.717, 1.165) is 24.8 Å². The maximum absolute atomic E-state index is 12.5. The summed E-state index contributed by atoms with van der Waals surface area (Å²) in [6.45, 7) is 6.30. The second-order valence-electron chi connectivity index (χ2n) is 7.63. The molecule has 0 aromatic carbocycles. The van der Waals surface area contributed by atoms with Crippen LogP contribution in [-0.2, 0) is 11.8 Å². The molecule has 1 amide bonds. The van der Waals surface area contributed by atoms with Crippen molar-refractivity contribution < 1.29 is 9.53 Å². The molecule has 0 bridgehead atoms. The van der Waals surface area contributed by atoms with E-state index in [0.29, 0.717) is 6.54 Å². The summed E-state index contributed by atoms with van der Waals surface area (Å²) in [5.74, 6) is 0.226. The van der Waals surface area contributed by atoms with Crippen LogP contribution in [0.5, 0.6) is 0 Å². The summed E-state index contributed by atoms with van der Waals surface area (Å²) in [5, 5.41) is 0. The van der Waals surface area contributed by atoms with E-state index in [-0.39, 0.29) is 23.1 Å². The van der Waals surface area contributed by atoms with E-state index in [4.69, 9.17) is 4.74 Å². The largest absolute Gasteiger partial charge is 0.444 e. The molecule has 1 aromatic rings. The molecule has 1 saturated carbocycles. The van der Waals surface area contributed by atoms with E-state index in [1.54, 1.807) is 23.9 Å². The minimum Gasteiger partial charge on any atom is -0.444 e. The number of pyridine rings is 1. The molecule has 1 atom stereocenters. The molecule has 0 radical (unpaired) electrons. The first kappa shape index (κ1) is 15.1. The van der Waals surface area contributed by atoms with E-state index in [1.165, 1.54) is 0 Å². The molecular formula is C17H24N2O3. The Bertz CT molecular complexity index is 653. The molecule has 120 valence electrons. The minimum atomic E-state index is -0.478. The lowest BCUT2D eigenvalue weighted by molar-refractivity contribution is 0.0202. The van der Waals surface area contributed by atoms with Gasteiger partial charge in [-0.15, -0.1) is 0 Å². The molecule has 2 aliphatic rings. The van der Waals surface area contributed by atoms with E-state index < -0.39 is 5.60 Å². The summed E-state index contributed by atoms with van der Waals surface area (Å²) in [6, 6.07) is 3.68. The zero-order valence-corrected chi connectivity index (χ0v) is 13.8. The third kappa shape index (κ3) is 2.76. The molecule has 1 aromatic heterocycles. The Morgan fingerprint density at radius 3 is 2.59 bits per heavy atom. The van der Waals surface area contributed by atoms with E-state index >= 15 is 0 Å². The summed E-state index contributed by atoms with van der Waals surface area (Å²) in [6.07, 6.45) is 4.57. The molecule has 5 nitrogen and oxygen atoms in total. The monoisotopic (exact) mass is 304 g/mol. The second-order valence-corrected chi connectivity index (χ2v) is 7.63. The van der Waals surface area contributed by atoms with Gasteiger partial charge in [-0.2, -0.15) is 0 Å². The number of amides is 1. The summed E-state index contributed by atoms with van der Waals surface area (Å²) < 4.78 is 7.11. The molecule has 1 aliphatic carbocycles. The number of nitrogens with zero attached hydrogens (tertiary/aromatic N) is 2. The van der Waals surface area contributed by atoms with Crippen LogP contribution >= 0.6 is 0 Å². The van der Waals surface area contributed by atoms with Crippen LogP contribution in [0.4, 0.5) is 4.79 Å². The molecule has 5 heteroatoms. The van der Waals surface area contributed by atoms with Crippen LogP contribution < -0.4 is 5.56 Å². The van der Waals surface area contributed by atoms with E-state index in [1.807, 2.05) is 31.7 Å². The molecule has 22 heavy (non-hydrogen) atoms. The van der Waals surface area contributed by atoms with Gasteiger partial charge in [-0.3, -0.25) is 4.79 Å². The fraction of sp³-hybridized carbons (Fsp3) is 0.647. The highest BCUT2D eigenvalue weighted by atomic mass is 16.6.